The first kappa shape index (κ1) is 35.1. The average Bonchev–Trinajstić information content (AvgIpc) is 2.81. The van der Waals surface area contributed by atoms with Crippen molar-refractivity contribution in [1.29, 1.82) is 0 Å². The van der Waals surface area contributed by atoms with Crippen LogP contribution < -0.4 is 15.3 Å². The summed E-state index contributed by atoms with van der Waals surface area (Å²) in [6, 6.07) is 6.41. The van der Waals surface area contributed by atoms with Gasteiger partial charge in [-0.3, -0.25) is 0 Å². The van der Waals surface area contributed by atoms with Crippen molar-refractivity contribution in [1.82, 2.24) is 0 Å². The molecule has 0 heterocycles. The quantitative estimate of drug-likeness (QED) is 0.510. The molecule has 0 aliphatic carbocycles. The Morgan fingerprint density at radius 1 is 0.724 bits per heavy atom. The smallest absolute Gasteiger partial charge is 0.550 e. The van der Waals surface area contributed by atoms with Gasteiger partial charge in [-0.05, 0) is 0 Å². The van der Waals surface area contributed by atoms with E-state index in [2.05, 4.69) is 32.0 Å². The van der Waals surface area contributed by atoms with Gasteiger partial charge in [-0.2, -0.15) is 17.7 Å². The van der Waals surface area contributed by atoms with E-state index in [0.29, 0.717) is 0 Å². The minimum absolute atomic E-state index is 0. The van der Waals surface area contributed by atoms with Gasteiger partial charge >= 0.3 is 26.2 Å². The minimum Gasteiger partial charge on any atom is -0.550 e. The van der Waals surface area contributed by atoms with Crippen molar-refractivity contribution < 1.29 is 55.9 Å². The Hall–Kier alpha value is -1.36. The van der Waals surface area contributed by atoms with Crippen LogP contribution in [-0.4, -0.2) is 17.9 Å². The van der Waals surface area contributed by atoms with Crippen molar-refractivity contribution in [3.05, 3.63) is 29.3 Å². The van der Waals surface area contributed by atoms with E-state index in [9.17, 15) is 29.7 Å². The third-order valence-electron chi connectivity index (χ3n) is 2.90. The molecule has 29 heavy (non-hydrogen) atoms. The molecule has 1 rings (SSSR count). The number of rotatable bonds is 0. The first-order valence-corrected chi connectivity index (χ1v) is 8.96. The summed E-state index contributed by atoms with van der Waals surface area (Å²) < 4.78 is 0. The number of hydrogen-bond acceptors (Lipinski definition) is 6. The van der Waals surface area contributed by atoms with Crippen LogP contribution in [0.2, 0.25) is 0 Å². The summed E-state index contributed by atoms with van der Waals surface area (Å²) in [7, 11) is 0. The van der Waals surface area contributed by atoms with Crippen molar-refractivity contribution in [2.24, 2.45) is 16.2 Å². The fraction of sp³-hybridized carbons (Fsp3) is 0.636. The molecule has 0 saturated heterocycles. The standard InChI is InChI=1S/C7H9.3C5H10O2.Zr/c1-6-3-4-7(2)5-6;3*1-5(2,3)4(6)7;/h3-5H,1-2H3;3*1-3H3,(H,6,7);/q-1;;;;+4/p-3. The Kier molecular flexibility index (Phi) is 17.7. The Morgan fingerprint density at radius 2 is 0.931 bits per heavy atom. The van der Waals surface area contributed by atoms with Gasteiger partial charge in [0, 0.05) is 34.2 Å². The Balaban J connectivity index is -0.000000142. The van der Waals surface area contributed by atoms with Gasteiger partial charge in [0.25, 0.3) is 0 Å². The van der Waals surface area contributed by atoms with E-state index in [4.69, 9.17) is 0 Å². The maximum absolute atomic E-state index is 9.91. The first-order chi connectivity index (χ1) is 12.1. The molecule has 7 heteroatoms. The maximum atomic E-state index is 9.91. The summed E-state index contributed by atoms with van der Waals surface area (Å²) in [5.74, 6) is -3.02. The predicted molar refractivity (Wildman–Crippen MR) is 105 cm³/mol. The summed E-state index contributed by atoms with van der Waals surface area (Å²) in [5.41, 5.74) is 0.634. The molecule has 0 spiro atoms. The summed E-state index contributed by atoms with van der Waals surface area (Å²) in [5, 5.41) is 29.7. The monoisotopic (exact) mass is 486 g/mol. The summed E-state index contributed by atoms with van der Waals surface area (Å²) in [4.78, 5) is 29.7. The zero-order valence-corrected chi connectivity index (χ0v) is 22.1. The number of carboxylic acid groups (broad SMARTS) is 3. The van der Waals surface area contributed by atoms with Gasteiger partial charge in [0.1, 0.15) is 0 Å². The number of carbonyl (C=O) groups excluding carboxylic acids is 3. The Labute approximate surface area is 195 Å². The molecule has 0 radical (unpaired) electrons. The molecule has 0 N–H and O–H groups in total. The second kappa shape index (κ2) is 14.6. The molecule has 0 aromatic heterocycles. The Bertz CT molecular complexity index is 537. The van der Waals surface area contributed by atoms with Gasteiger partial charge in [-0.1, -0.05) is 76.2 Å². The predicted octanol–water partition coefficient (Wildman–Crippen LogP) is 1.37. The van der Waals surface area contributed by atoms with Crippen LogP contribution in [0.5, 0.6) is 0 Å². The second-order valence-corrected chi connectivity index (χ2v) is 9.58. The minimum atomic E-state index is -1.01. The third kappa shape index (κ3) is 24.6. The third-order valence-corrected chi connectivity index (χ3v) is 2.90. The summed E-state index contributed by atoms with van der Waals surface area (Å²) in [6.07, 6.45) is 0. The SMILES string of the molecule is CC(C)(C)C(=O)[O-].CC(C)(C)C(=O)[O-].CC(C)(C)C(=O)[O-].Cc1cc[c-](C)c1.[Zr+4]. The number of aryl methyl sites for hydroxylation is 2. The van der Waals surface area contributed by atoms with Gasteiger partial charge in [0.15, 0.2) is 0 Å². The molecule has 1 aromatic rings. The molecule has 164 valence electrons. The van der Waals surface area contributed by atoms with Gasteiger partial charge in [0.05, 0.1) is 0 Å². The van der Waals surface area contributed by atoms with Crippen LogP contribution in [0.4, 0.5) is 0 Å². The molecule has 1 aromatic carbocycles. The van der Waals surface area contributed by atoms with E-state index in [-0.39, 0.29) is 26.2 Å². The molecule has 0 saturated carbocycles. The van der Waals surface area contributed by atoms with Crippen LogP contribution in [-0.2, 0) is 40.6 Å². The van der Waals surface area contributed by atoms with Crippen LogP contribution in [0.15, 0.2) is 18.2 Å². The average molecular weight is 488 g/mol. The van der Waals surface area contributed by atoms with Crippen molar-refractivity contribution in [3.8, 4) is 0 Å². The van der Waals surface area contributed by atoms with E-state index in [1.165, 1.54) is 11.1 Å². The molecule has 0 aliphatic rings. The molecular weight excluding hydrogens is 451 g/mol. The van der Waals surface area contributed by atoms with Crippen LogP contribution in [0.3, 0.4) is 0 Å². The zero-order valence-electron chi connectivity index (χ0n) is 19.7. The van der Waals surface area contributed by atoms with Crippen molar-refractivity contribution in [3.63, 3.8) is 0 Å². The van der Waals surface area contributed by atoms with E-state index in [0.717, 1.165) is 0 Å². The molecule has 6 nitrogen and oxygen atoms in total. The summed E-state index contributed by atoms with van der Waals surface area (Å²) >= 11 is 0. The van der Waals surface area contributed by atoms with Crippen molar-refractivity contribution in [2.45, 2.75) is 76.2 Å². The van der Waals surface area contributed by atoms with Crippen LogP contribution >= 0.6 is 0 Å². The zero-order chi connectivity index (χ0) is 23.5. The van der Waals surface area contributed by atoms with E-state index >= 15 is 0 Å². The Morgan fingerprint density at radius 3 is 0.966 bits per heavy atom. The maximum Gasteiger partial charge on any atom is 4.00 e. The van der Waals surface area contributed by atoms with E-state index < -0.39 is 34.2 Å². The fourth-order valence-electron chi connectivity index (χ4n) is 0.718. The number of aliphatic carboxylic acids is 3. The topological polar surface area (TPSA) is 120 Å². The van der Waals surface area contributed by atoms with Gasteiger partial charge in [-0.15, -0.1) is 0 Å². The normalized spacial score (nSPS) is 10.4. The largest absolute Gasteiger partial charge is 4.00 e. The van der Waals surface area contributed by atoms with Crippen molar-refractivity contribution >= 4 is 17.9 Å². The molecule has 0 amide bonds. The number of hydrogen-bond donors (Lipinski definition) is 0. The number of carbonyl (C=O) groups is 3. The van der Waals surface area contributed by atoms with Gasteiger partial charge in [0.2, 0.25) is 0 Å². The van der Waals surface area contributed by atoms with E-state index in [1.807, 2.05) is 0 Å². The van der Waals surface area contributed by atoms with E-state index in [1.54, 1.807) is 62.3 Å². The fourth-order valence-corrected chi connectivity index (χ4v) is 0.718. The molecule has 0 fully saturated rings. The van der Waals surface area contributed by atoms with Gasteiger partial charge in [-0.25, -0.2) is 11.6 Å². The molecular formula is C22H36O6Zr. The molecule has 0 atom stereocenters. The molecule has 0 aliphatic heterocycles. The van der Waals surface area contributed by atoms with Crippen LogP contribution in [0.1, 0.15) is 73.4 Å². The first-order valence-electron chi connectivity index (χ1n) is 8.96. The molecule has 0 unspecified atom stereocenters. The number of carboxylic acids is 3. The van der Waals surface area contributed by atoms with Gasteiger partial charge < -0.3 is 29.7 Å². The second-order valence-electron chi connectivity index (χ2n) is 9.58. The van der Waals surface area contributed by atoms with Crippen LogP contribution in [0.25, 0.3) is 0 Å². The molecule has 0 bridgehead atoms. The van der Waals surface area contributed by atoms with Crippen molar-refractivity contribution in [2.75, 3.05) is 0 Å². The van der Waals surface area contributed by atoms with Crippen LogP contribution in [0, 0.1) is 30.1 Å². The summed E-state index contributed by atoms with van der Waals surface area (Å²) in [6.45, 7) is 18.6.